The van der Waals surface area contributed by atoms with E-state index in [-0.39, 0.29) is 17.4 Å². The van der Waals surface area contributed by atoms with Gasteiger partial charge in [0.25, 0.3) is 0 Å². The lowest BCUT2D eigenvalue weighted by atomic mass is 10.8. The standard InChI is InChI=1S/C4H10O.Al.3H/c1-3-5-4-2;;;;/h3-4H2,1-2H3;;;;. The minimum absolute atomic E-state index is 0. The van der Waals surface area contributed by atoms with Crippen molar-refractivity contribution >= 4 is 17.4 Å². The van der Waals surface area contributed by atoms with Crippen LogP contribution in [0.4, 0.5) is 0 Å². The van der Waals surface area contributed by atoms with Crippen LogP contribution in [0.2, 0.25) is 0 Å². The lowest BCUT2D eigenvalue weighted by Gasteiger charge is -1.86. The molecule has 0 rings (SSSR count). The molecule has 38 valence electrons. The summed E-state index contributed by atoms with van der Waals surface area (Å²) in [5.41, 5.74) is 0. The molecule has 0 radical (unpaired) electrons. The maximum atomic E-state index is 4.83. The molecule has 0 amide bonds. The Labute approximate surface area is 49.8 Å². The van der Waals surface area contributed by atoms with E-state index < -0.39 is 0 Å². The van der Waals surface area contributed by atoms with Gasteiger partial charge < -0.3 is 4.74 Å². The van der Waals surface area contributed by atoms with Crippen molar-refractivity contribution in [1.29, 1.82) is 0 Å². The molecule has 0 aromatic rings. The van der Waals surface area contributed by atoms with Gasteiger partial charge in [-0.15, -0.1) is 0 Å². The van der Waals surface area contributed by atoms with Crippen LogP contribution in [0.15, 0.2) is 0 Å². The first-order chi connectivity index (χ1) is 2.41. The summed E-state index contributed by atoms with van der Waals surface area (Å²) in [6.07, 6.45) is 0. The quantitative estimate of drug-likeness (QED) is 0.443. The SMILES string of the molecule is CCOCC.[AlH3]. The van der Waals surface area contributed by atoms with Crippen LogP contribution < -0.4 is 0 Å². The Kier molecular flexibility index (Phi) is 14.7. The highest BCUT2D eigenvalue weighted by Gasteiger charge is 1.64. The first kappa shape index (κ1) is 9.70. The molecule has 0 atom stereocenters. The zero-order valence-electron chi connectivity index (χ0n) is 3.82. The maximum Gasteiger partial charge on any atom is 0.187 e. The van der Waals surface area contributed by atoms with Crippen molar-refractivity contribution < 1.29 is 4.74 Å². The predicted octanol–water partition coefficient (Wildman–Crippen LogP) is -0.141. The monoisotopic (exact) mass is 104 g/mol. The second-order valence-corrected chi connectivity index (χ2v) is 0.781. The summed E-state index contributed by atoms with van der Waals surface area (Å²) in [6.45, 7) is 5.67. The maximum absolute atomic E-state index is 4.83. The third-order valence-electron chi connectivity index (χ3n) is 0.408. The molecular weight excluding hydrogens is 91.0 g/mol. The molecule has 2 heteroatoms. The zero-order chi connectivity index (χ0) is 4.12. The van der Waals surface area contributed by atoms with Gasteiger partial charge in [0.05, 0.1) is 0 Å². The van der Waals surface area contributed by atoms with Crippen LogP contribution in [-0.2, 0) is 4.74 Å². The molecule has 0 aromatic heterocycles. The molecule has 0 N–H and O–H groups in total. The molecule has 0 unspecified atom stereocenters. The van der Waals surface area contributed by atoms with E-state index in [4.69, 9.17) is 4.74 Å². The van der Waals surface area contributed by atoms with Crippen LogP contribution in [0.5, 0.6) is 0 Å². The molecule has 0 aliphatic heterocycles. The second kappa shape index (κ2) is 9.09. The Morgan fingerprint density at radius 1 is 1.17 bits per heavy atom. The van der Waals surface area contributed by atoms with E-state index in [0.717, 1.165) is 13.2 Å². The second-order valence-electron chi connectivity index (χ2n) is 0.781. The average molecular weight is 104 g/mol. The van der Waals surface area contributed by atoms with Crippen LogP contribution >= 0.6 is 0 Å². The third-order valence-corrected chi connectivity index (χ3v) is 0.408. The highest BCUT2D eigenvalue weighted by Crippen LogP contribution is 1.64. The van der Waals surface area contributed by atoms with Gasteiger partial charge in [-0.05, 0) is 13.8 Å². The molecule has 0 heterocycles. The lowest BCUT2D eigenvalue weighted by Crippen LogP contribution is -1.84. The fraction of sp³-hybridized carbons (Fsp3) is 1.00. The lowest BCUT2D eigenvalue weighted by molar-refractivity contribution is 0.162. The van der Waals surface area contributed by atoms with E-state index in [1.54, 1.807) is 0 Å². The van der Waals surface area contributed by atoms with Crippen LogP contribution in [0.3, 0.4) is 0 Å². The summed E-state index contributed by atoms with van der Waals surface area (Å²) in [7, 11) is 0. The van der Waals surface area contributed by atoms with Gasteiger partial charge in [0.1, 0.15) is 0 Å². The van der Waals surface area contributed by atoms with Crippen LogP contribution in [0.1, 0.15) is 13.8 Å². The minimum Gasteiger partial charge on any atom is -0.382 e. The van der Waals surface area contributed by atoms with Crippen molar-refractivity contribution in [1.82, 2.24) is 0 Å². The Morgan fingerprint density at radius 2 is 1.50 bits per heavy atom. The molecule has 0 aliphatic carbocycles. The molecule has 0 aromatic carbocycles. The summed E-state index contributed by atoms with van der Waals surface area (Å²) in [4.78, 5) is 0. The van der Waals surface area contributed by atoms with Gasteiger partial charge in [-0.25, -0.2) is 0 Å². The number of rotatable bonds is 2. The predicted molar refractivity (Wildman–Crippen MR) is 32.1 cm³/mol. The van der Waals surface area contributed by atoms with Gasteiger partial charge in [0, 0.05) is 13.2 Å². The molecule has 1 nitrogen and oxygen atoms in total. The van der Waals surface area contributed by atoms with Crippen molar-refractivity contribution in [3.63, 3.8) is 0 Å². The van der Waals surface area contributed by atoms with Crippen molar-refractivity contribution in [2.75, 3.05) is 13.2 Å². The van der Waals surface area contributed by atoms with E-state index in [1.807, 2.05) is 13.8 Å². The molecular formula is C4H13AlO. The van der Waals surface area contributed by atoms with Gasteiger partial charge in [0.2, 0.25) is 0 Å². The van der Waals surface area contributed by atoms with Crippen molar-refractivity contribution in [3.8, 4) is 0 Å². The fourth-order valence-corrected chi connectivity index (χ4v) is 0.204. The van der Waals surface area contributed by atoms with E-state index in [9.17, 15) is 0 Å². The number of ether oxygens (including phenoxy) is 1. The molecule has 0 bridgehead atoms. The highest BCUT2D eigenvalue weighted by atomic mass is 27.0. The van der Waals surface area contributed by atoms with Crippen LogP contribution in [0, 0.1) is 0 Å². The normalized spacial score (nSPS) is 7.00. The van der Waals surface area contributed by atoms with E-state index in [0.29, 0.717) is 0 Å². The van der Waals surface area contributed by atoms with Crippen LogP contribution in [-0.4, -0.2) is 30.6 Å². The highest BCUT2D eigenvalue weighted by molar-refractivity contribution is 5.75. The molecule has 0 fully saturated rings. The van der Waals surface area contributed by atoms with Gasteiger partial charge >= 0.3 is 0 Å². The topological polar surface area (TPSA) is 9.23 Å². The summed E-state index contributed by atoms with van der Waals surface area (Å²) < 4.78 is 4.83. The molecule has 6 heavy (non-hydrogen) atoms. The molecule has 0 spiro atoms. The Morgan fingerprint density at radius 3 is 1.50 bits per heavy atom. The zero-order valence-corrected chi connectivity index (χ0v) is 3.82. The van der Waals surface area contributed by atoms with Crippen LogP contribution in [0.25, 0.3) is 0 Å². The van der Waals surface area contributed by atoms with Gasteiger partial charge in [-0.1, -0.05) is 0 Å². The summed E-state index contributed by atoms with van der Waals surface area (Å²) in [6, 6.07) is 0. The smallest absolute Gasteiger partial charge is 0.187 e. The van der Waals surface area contributed by atoms with E-state index in [2.05, 4.69) is 0 Å². The largest absolute Gasteiger partial charge is 0.382 e. The first-order valence-electron chi connectivity index (χ1n) is 1.99. The van der Waals surface area contributed by atoms with Crippen molar-refractivity contribution in [2.24, 2.45) is 0 Å². The Bertz CT molecular complexity index is 15.0. The molecule has 0 aliphatic rings. The van der Waals surface area contributed by atoms with Gasteiger partial charge in [-0.2, -0.15) is 0 Å². The Balaban J connectivity index is 0. The Hall–Kier alpha value is 0.492. The summed E-state index contributed by atoms with van der Waals surface area (Å²) in [5, 5.41) is 0. The van der Waals surface area contributed by atoms with Crippen molar-refractivity contribution in [2.45, 2.75) is 13.8 Å². The molecule has 0 saturated heterocycles. The van der Waals surface area contributed by atoms with E-state index >= 15 is 0 Å². The third kappa shape index (κ3) is 8.82. The number of hydrogen-bond donors (Lipinski definition) is 0. The summed E-state index contributed by atoms with van der Waals surface area (Å²) >= 11 is 0. The van der Waals surface area contributed by atoms with Gasteiger partial charge in [0.15, 0.2) is 17.4 Å². The average Bonchev–Trinajstić information content (AvgIpc) is 1.41. The first-order valence-corrected chi connectivity index (χ1v) is 1.99. The van der Waals surface area contributed by atoms with E-state index in [1.165, 1.54) is 0 Å². The molecule has 0 saturated carbocycles. The van der Waals surface area contributed by atoms with Crippen molar-refractivity contribution in [3.05, 3.63) is 0 Å². The summed E-state index contributed by atoms with van der Waals surface area (Å²) in [5.74, 6) is 0. The fourth-order valence-electron chi connectivity index (χ4n) is 0.204. The minimum atomic E-state index is 0. The number of hydrogen-bond acceptors (Lipinski definition) is 1. The van der Waals surface area contributed by atoms with Gasteiger partial charge in [-0.3, -0.25) is 0 Å².